The fraction of sp³-hybridized carbons (Fsp3) is 0.568. The highest BCUT2D eigenvalue weighted by atomic mass is 16.6. The second-order valence-electron chi connectivity index (χ2n) is 14.9. The summed E-state index contributed by atoms with van der Waals surface area (Å²) in [4.78, 5) is 76.2. The fourth-order valence-electron chi connectivity index (χ4n) is 6.29. The third-order valence-corrected chi connectivity index (χ3v) is 9.36. The van der Waals surface area contributed by atoms with Crippen molar-refractivity contribution in [3.8, 4) is 0 Å². The number of esters is 1. The van der Waals surface area contributed by atoms with Gasteiger partial charge in [-0.1, -0.05) is 38.1 Å². The molecule has 1 aromatic carbocycles. The van der Waals surface area contributed by atoms with E-state index in [0.29, 0.717) is 36.2 Å². The Morgan fingerprint density at radius 2 is 1.78 bits per heavy atom. The molecule has 5 rings (SSSR count). The molecule has 1 aromatic heterocycles. The first-order valence-electron chi connectivity index (χ1n) is 17.6. The summed E-state index contributed by atoms with van der Waals surface area (Å²) in [6.45, 7) is 12.4. The van der Waals surface area contributed by atoms with Crippen LogP contribution < -0.4 is 10.7 Å². The van der Waals surface area contributed by atoms with Crippen molar-refractivity contribution in [2.45, 2.75) is 96.7 Å². The number of cyclic esters (lactones) is 1. The monoisotopic (exact) mass is 706 g/mol. The molecule has 3 aliphatic rings. The van der Waals surface area contributed by atoms with Crippen molar-refractivity contribution in [2.75, 3.05) is 33.3 Å². The van der Waals surface area contributed by atoms with Gasteiger partial charge in [0.05, 0.1) is 30.4 Å². The van der Waals surface area contributed by atoms with Gasteiger partial charge in [-0.3, -0.25) is 24.4 Å². The number of aromatic nitrogens is 1. The van der Waals surface area contributed by atoms with Crippen molar-refractivity contribution in [1.82, 2.24) is 30.5 Å². The summed E-state index contributed by atoms with van der Waals surface area (Å²) in [5.74, 6) is -2.66. The molecule has 5 atom stereocenters. The van der Waals surface area contributed by atoms with Gasteiger partial charge in [-0.15, -0.1) is 0 Å². The molecule has 0 saturated carbocycles. The molecule has 0 aliphatic carbocycles. The molecular weight excluding hydrogens is 656 g/mol. The number of ether oxygens (including phenoxy) is 3. The van der Waals surface area contributed by atoms with Crippen LogP contribution in [0.15, 0.2) is 36.4 Å². The van der Waals surface area contributed by atoms with E-state index in [9.17, 15) is 24.0 Å². The predicted octanol–water partition coefficient (Wildman–Crippen LogP) is 3.36. The van der Waals surface area contributed by atoms with Gasteiger partial charge in [0.25, 0.3) is 11.8 Å². The van der Waals surface area contributed by atoms with Gasteiger partial charge in [-0.2, -0.15) is 0 Å². The fourth-order valence-corrected chi connectivity index (χ4v) is 6.29. The van der Waals surface area contributed by atoms with Crippen molar-refractivity contribution in [1.29, 1.82) is 0 Å². The number of carbonyl (C=O) groups excluding carboxylic acids is 5. The summed E-state index contributed by atoms with van der Waals surface area (Å²) < 4.78 is 17.7. The van der Waals surface area contributed by atoms with Gasteiger partial charge < -0.3 is 29.3 Å². The Bertz CT molecular complexity index is 1710. The molecule has 2 saturated heterocycles. The topological polar surface area (TPSA) is 160 Å². The van der Waals surface area contributed by atoms with E-state index < -0.39 is 59.2 Å². The third kappa shape index (κ3) is 8.50. The number of fused-ring (bicyclic) bond motifs is 4. The lowest BCUT2D eigenvalue weighted by atomic mass is 9.98. The number of nitrogens with zero attached hydrogens (tertiary/aromatic N) is 4. The lowest BCUT2D eigenvalue weighted by Crippen LogP contribution is -2.62. The highest BCUT2D eigenvalue weighted by Crippen LogP contribution is 2.28. The van der Waals surface area contributed by atoms with Crippen molar-refractivity contribution >= 4 is 46.8 Å². The Kier molecular flexibility index (Phi) is 11.1. The molecule has 51 heavy (non-hydrogen) atoms. The Morgan fingerprint density at radius 1 is 1.06 bits per heavy atom. The Morgan fingerprint density at radius 3 is 2.49 bits per heavy atom. The molecule has 2 aromatic rings. The summed E-state index contributed by atoms with van der Waals surface area (Å²) in [5, 5.41) is 4.94. The summed E-state index contributed by atoms with van der Waals surface area (Å²) in [6.07, 6.45) is 2.43. The highest BCUT2D eigenvalue weighted by molar-refractivity contribution is 5.93. The third-order valence-electron chi connectivity index (χ3n) is 9.36. The number of hydrogen-bond acceptors (Lipinski definition) is 10. The van der Waals surface area contributed by atoms with Crippen LogP contribution in [0.3, 0.4) is 0 Å². The van der Waals surface area contributed by atoms with Crippen LogP contribution in [0, 0.1) is 5.92 Å². The summed E-state index contributed by atoms with van der Waals surface area (Å²) in [5.41, 5.74) is 2.54. The number of amides is 4. The molecule has 1 spiro atoms. The SMILES string of the molecule is CC(C)[C@@H]1OC(=O)C2(C=Cc3ccc4ccc(nc4c3)[C@@H](C)N(C)C(=O)[C@@H]3CCCN(N3)C(=O)[C@H](C)NC1=O)CN(C(=O)OC(C)(C)C)CCO2. The summed E-state index contributed by atoms with van der Waals surface area (Å²) in [6, 6.07) is 7.40. The van der Waals surface area contributed by atoms with Crippen LogP contribution in [-0.2, 0) is 33.4 Å². The van der Waals surface area contributed by atoms with Crippen LogP contribution in [0.4, 0.5) is 4.79 Å². The average Bonchev–Trinajstić information content (AvgIpc) is 3.10. The maximum Gasteiger partial charge on any atom is 0.410 e. The van der Waals surface area contributed by atoms with Crippen LogP contribution in [0.25, 0.3) is 17.0 Å². The maximum atomic E-state index is 14.2. The quantitative estimate of drug-likeness (QED) is 0.421. The van der Waals surface area contributed by atoms with Gasteiger partial charge in [0, 0.05) is 25.5 Å². The van der Waals surface area contributed by atoms with E-state index in [1.165, 1.54) is 16.0 Å². The number of benzene rings is 1. The first-order chi connectivity index (χ1) is 24.0. The van der Waals surface area contributed by atoms with Gasteiger partial charge >= 0.3 is 12.1 Å². The number of carbonyl (C=O) groups is 5. The van der Waals surface area contributed by atoms with E-state index in [1.54, 1.807) is 59.6 Å². The zero-order chi connectivity index (χ0) is 37.2. The minimum absolute atomic E-state index is 0.000643. The van der Waals surface area contributed by atoms with Crippen LogP contribution in [0.2, 0.25) is 0 Å². The average molecular weight is 707 g/mol. The van der Waals surface area contributed by atoms with E-state index in [1.807, 2.05) is 37.3 Å². The second kappa shape index (κ2) is 15.0. The molecule has 2 fully saturated rings. The number of morpholine rings is 1. The van der Waals surface area contributed by atoms with E-state index in [0.717, 1.165) is 5.39 Å². The van der Waals surface area contributed by atoms with E-state index in [4.69, 9.17) is 19.2 Å². The van der Waals surface area contributed by atoms with Crippen LogP contribution >= 0.6 is 0 Å². The molecule has 0 radical (unpaired) electrons. The van der Waals surface area contributed by atoms with Crippen LogP contribution in [-0.4, -0.2) is 112 Å². The first kappa shape index (κ1) is 37.7. The molecule has 4 amide bonds. The van der Waals surface area contributed by atoms with Gasteiger partial charge in [0.15, 0.2) is 6.10 Å². The zero-order valence-electron chi connectivity index (χ0n) is 30.7. The Hall–Kier alpha value is -4.56. The van der Waals surface area contributed by atoms with Gasteiger partial charge in [-0.05, 0) is 77.2 Å². The lowest BCUT2D eigenvalue weighted by Gasteiger charge is -2.40. The van der Waals surface area contributed by atoms with Crippen molar-refractivity contribution in [3.63, 3.8) is 0 Å². The van der Waals surface area contributed by atoms with E-state index in [2.05, 4.69) is 10.7 Å². The molecule has 4 heterocycles. The summed E-state index contributed by atoms with van der Waals surface area (Å²) in [7, 11) is 1.71. The smallest absolute Gasteiger partial charge is 0.410 e. The summed E-state index contributed by atoms with van der Waals surface area (Å²) >= 11 is 0. The number of pyridine rings is 1. The molecule has 2 N–H and O–H groups in total. The molecule has 3 aliphatic heterocycles. The largest absolute Gasteiger partial charge is 0.450 e. The minimum Gasteiger partial charge on any atom is -0.450 e. The van der Waals surface area contributed by atoms with Crippen LogP contribution in [0.5, 0.6) is 0 Å². The highest BCUT2D eigenvalue weighted by Gasteiger charge is 2.47. The van der Waals surface area contributed by atoms with Crippen LogP contribution in [0.1, 0.15) is 78.6 Å². The first-order valence-corrected chi connectivity index (χ1v) is 17.6. The molecular formula is C37H50N6O8. The molecule has 5 bridgehead atoms. The number of rotatable bonds is 1. The molecule has 276 valence electrons. The molecule has 1 unspecified atom stereocenters. The minimum atomic E-state index is -1.79. The normalized spacial score (nSPS) is 27.2. The molecule has 14 nitrogen and oxygen atoms in total. The number of hydrogen-bond donors (Lipinski definition) is 2. The van der Waals surface area contributed by atoms with E-state index >= 15 is 0 Å². The van der Waals surface area contributed by atoms with Crippen molar-refractivity contribution in [2.24, 2.45) is 5.92 Å². The van der Waals surface area contributed by atoms with Crippen molar-refractivity contribution in [3.05, 3.63) is 47.7 Å². The second-order valence-corrected chi connectivity index (χ2v) is 14.9. The number of nitrogens with one attached hydrogen (secondary N) is 2. The van der Waals surface area contributed by atoms with Gasteiger partial charge in [0.1, 0.15) is 17.7 Å². The Labute approximate surface area is 298 Å². The predicted molar refractivity (Wildman–Crippen MR) is 189 cm³/mol. The van der Waals surface area contributed by atoms with Gasteiger partial charge in [-0.25, -0.2) is 15.0 Å². The standard InChI is InChI=1S/C37H50N6O8/c1-22(2)30-31(44)38-23(3)32(45)43-17-9-10-28(40-43)33(46)41(8)24(4)27-14-13-26-12-11-25(20-29(26)39-27)15-16-37(34(47)50-30)21-42(18-19-49-37)35(48)51-36(5,6)7/h11-16,20,22-24,28,30,40H,9-10,17-19,21H2,1-8H3,(H,38,44)/t23-,24+,28-,30-,37?/m0/s1. The molecule has 14 heteroatoms. The number of hydrazine groups is 1. The Balaban J connectivity index is 1.57. The lowest BCUT2D eigenvalue weighted by molar-refractivity contribution is -0.183. The van der Waals surface area contributed by atoms with Gasteiger partial charge in [0.2, 0.25) is 11.5 Å². The maximum absolute atomic E-state index is 14.2. The zero-order valence-corrected chi connectivity index (χ0v) is 30.7. The number of likely N-dealkylation sites (N-methyl/N-ethyl adjacent to an activating group) is 1. The van der Waals surface area contributed by atoms with Crippen molar-refractivity contribution < 1.29 is 38.2 Å². The van der Waals surface area contributed by atoms with E-state index in [-0.39, 0.29) is 31.6 Å².